The van der Waals surface area contributed by atoms with E-state index in [1.807, 2.05) is 0 Å². The van der Waals surface area contributed by atoms with Crippen molar-refractivity contribution in [3.63, 3.8) is 0 Å². The van der Waals surface area contributed by atoms with Crippen LogP contribution in [0.25, 0.3) is 0 Å². The van der Waals surface area contributed by atoms with Crippen LogP contribution < -0.4 is 52.8 Å². The maximum absolute atomic E-state index is 2.99. The van der Waals surface area contributed by atoms with Crippen molar-refractivity contribution in [2.75, 3.05) is 0 Å². The molecule has 338 valence electrons. The predicted octanol–water partition coefficient (Wildman–Crippen LogP) is 4.76. The number of allylic oxidation sites excluding steroid dienone is 4. The summed E-state index contributed by atoms with van der Waals surface area (Å²) in [5.74, 6) is 0. The first-order valence-corrected chi connectivity index (χ1v) is 25.6. The summed E-state index contributed by atoms with van der Waals surface area (Å²) in [5.41, 5.74) is 17.1. The van der Waals surface area contributed by atoms with Gasteiger partial charge < -0.3 is 37.2 Å². The minimum absolute atomic E-state index is 0. The number of rotatable bonds is 10. The Labute approximate surface area is 424 Å². The van der Waals surface area contributed by atoms with E-state index in [1.54, 1.807) is 0 Å². The molecule has 0 bridgehead atoms. The van der Waals surface area contributed by atoms with Gasteiger partial charge in [0.2, 0.25) is 0 Å². The molecule has 0 fully saturated rings. The van der Waals surface area contributed by atoms with Gasteiger partial charge in [0.25, 0.3) is 0 Å². The first-order chi connectivity index (χ1) is 29.1. The van der Waals surface area contributed by atoms with Crippen LogP contribution in [0.3, 0.4) is 0 Å². The number of hydrogen-bond acceptors (Lipinski definition) is 0. The second kappa shape index (κ2) is 20.9. The van der Waals surface area contributed by atoms with Gasteiger partial charge >= 0.3 is 329 Å². The van der Waals surface area contributed by atoms with Crippen LogP contribution in [-0.2, 0) is 55.9 Å². The fraction of sp³-hybridized carbons (Fsp3) is 0.333. The summed E-state index contributed by atoms with van der Waals surface area (Å²) < 4.78 is 1.51. The summed E-state index contributed by atoms with van der Waals surface area (Å²) >= 11 is 2.44. The molecule has 1 aliphatic rings. The van der Waals surface area contributed by atoms with Gasteiger partial charge in [0, 0.05) is 0 Å². The number of halogens is 3. The van der Waals surface area contributed by atoms with E-state index < -0.39 is 8.07 Å². The van der Waals surface area contributed by atoms with E-state index in [9.17, 15) is 0 Å². The summed E-state index contributed by atoms with van der Waals surface area (Å²) in [6, 6.07) is 57.5. The topological polar surface area (TPSA) is 0 Å². The molecule has 0 radical (unpaired) electrons. The fourth-order valence-corrected chi connectivity index (χ4v) is 17.8. The van der Waals surface area contributed by atoms with Gasteiger partial charge in [-0.1, -0.05) is 62.3 Å². The summed E-state index contributed by atoms with van der Waals surface area (Å²) in [7, 11) is -2.99. The minimum atomic E-state index is -2.99. The van der Waals surface area contributed by atoms with Crippen molar-refractivity contribution < 1.29 is 57.7 Å². The molecule has 0 saturated heterocycles. The maximum Gasteiger partial charge on any atom is -1.00 e. The molecule has 1 unspecified atom stereocenters. The van der Waals surface area contributed by atoms with E-state index in [2.05, 4.69) is 256 Å². The second-order valence-corrected chi connectivity index (χ2v) is 26.6. The zero-order chi connectivity index (χ0) is 44.8. The molecule has 6 aromatic carbocycles. The summed E-state index contributed by atoms with van der Waals surface area (Å²) in [4.78, 5) is 0. The van der Waals surface area contributed by atoms with Crippen LogP contribution in [-0.4, -0.2) is 8.07 Å². The molecule has 0 N–H and O–H groups in total. The quantitative estimate of drug-likeness (QED) is 0.137. The van der Waals surface area contributed by atoms with Crippen molar-refractivity contribution in [3.8, 4) is 0 Å². The maximum atomic E-state index is 2.61. The third-order valence-electron chi connectivity index (χ3n) is 14.3. The molecule has 65 heavy (non-hydrogen) atoms. The average Bonchev–Trinajstić information content (AvgIpc) is 3.37. The summed E-state index contributed by atoms with van der Waals surface area (Å²) in [6.45, 7) is 30.5. The molecule has 0 nitrogen and oxygen atoms in total. The normalized spacial score (nSPS) is 15.6. The first kappa shape index (κ1) is 54.2. The molecule has 1 atom stereocenters. The Morgan fingerprint density at radius 2 is 0.677 bits per heavy atom. The van der Waals surface area contributed by atoms with Gasteiger partial charge in [-0.25, -0.2) is 0 Å². The van der Waals surface area contributed by atoms with Crippen LogP contribution in [0.4, 0.5) is 0 Å². The van der Waals surface area contributed by atoms with Crippen LogP contribution >= 0.6 is 0 Å². The fourth-order valence-electron chi connectivity index (χ4n) is 10.1. The molecule has 6 aromatic rings. The monoisotopic (exact) mass is 970 g/mol. The third-order valence-corrected chi connectivity index (χ3v) is 21.7. The Bertz CT molecular complexity index is 2360. The van der Waals surface area contributed by atoms with Crippen molar-refractivity contribution in [1.29, 1.82) is 0 Å². The van der Waals surface area contributed by atoms with Crippen LogP contribution in [0.1, 0.15) is 140 Å². The predicted molar refractivity (Wildman–Crippen MR) is 267 cm³/mol. The van der Waals surface area contributed by atoms with Crippen LogP contribution in [0, 0.1) is 0 Å². The van der Waals surface area contributed by atoms with Crippen LogP contribution in [0.5, 0.6) is 0 Å². The van der Waals surface area contributed by atoms with Gasteiger partial charge in [-0.2, -0.15) is 0 Å². The van der Waals surface area contributed by atoms with Crippen molar-refractivity contribution in [2.24, 2.45) is 0 Å². The Kier molecular flexibility index (Phi) is 17.4. The van der Waals surface area contributed by atoms with Gasteiger partial charge in [-0.3, -0.25) is 0 Å². The van der Waals surface area contributed by atoms with Crippen molar-refractivity contribution in [2.45, 2.75) is 131 Å². The average molecular weight is 973 g/mol. The van der Waals surface area contributed by atoms with E-state index in [-0.39, 0.29) is 58.5 Å². The van der Waals surface area contributed by atoms with Gasteiger partial charge in [0.15, 0.2) is 0 Å². The van der Waals surface area contributed by atoms with Gasteiger partial charge in [0.05, 0.1) is 0 Å². The van der Waals surface area contributed by atoms with E-state index in [4.69, 9.17) is 0 Å². The van der Waals surface area contributed by atoms with Crippen molar-refractivity contribution >= 4 is 23.6 Å². The van der Waals surface area contributed by atoms with Gasteiger partial charge in [-0.15, -0.1) is 0 Å². The molecule has 0 aliphatic heterocycles. The zero-order valence-electron chi connectivity index (χ0n) is 41.1. The van der Waals surface area contributed by atoms with E-state index >= 15 is 0 Å². The molecule has 5 heteroatoms. The molecule has 1 aliphatic carbocycles. The molecule has 0 amide bonds. The third kappa shape index (κ3) is 11.0. The molecule has 7 rings (SSSR count). The Hall–Kier alpha value is -3.40. The van der Waals surface area contributed by atoms with Crippen molar-refractivity contribution in [3.05, 3.63) is 216 Å². The Morgan fingerprint density at radius 3 is 0.908 bits per heavy atom. The molecule has 0 aromatic heterocycles. The van der Waals surface area contributed by atoms with E-state index in [0.29, 0.717) is 0 Å². The molecule has 0 heterocycles. The first-order valence-electron chi connectivity index (χ1n) is 22.8. The smallest absolute Gasteiger partial charge is 1.00 e. The zero-order valence-corrected chi connectivity index (χ0v) is 45.9. The van der Waals surface area contributed by atoms with Gasteiger partial charge in [-0.05, 0) is 0 Å². The molecule has 0 spiro atoms. The van der Waals surface area contributed by atoms with Crippen LogP contribution in [0.2, 0.25) is 5.04 Å². The SMILES string of the molecule is CC1=C(C)C(C)([Si](c2cccc(Cc3ccc(C(C)(C)C)cc3)c2)(c2cccc(Cc3ccc(C(C)(C)C)cc3)c2)c2cccc(Cc3ccc(C(C)(C)C)cc3)c2)[C]([Ti+3])=C1C.[Cl-].[Cl-].[Cl-]. The van der Waals surface area contributed by atoms with E-state index in [0.717, 1.165) is 19.3 Å². The van der Waals surface area contributed by atoms with E-state index in [1.165, 1.54) is 86.2 Å². The van der Waals surface area contributed by atoms with Crippen LogP contribution in [0.15, 0.2) is 166 Å². The molecular formula is C60H69Cl3SiTi. The molecular weight excluding hydrogens is 903 g/mol. The van der Waals surface area contributed by atoms with Gasteiger partial charge in [0.1, 0.15) is 0 Å². The number of hydrogen-bond donors (Lipinski definition) is 0. The Balaban J connectivity index is 0.00000308. The van der Waals surface area contributed by atoms with Crippen molar-refractivity contribution in [1.82, 2.24) is 0 Å². The minimum Gasteiger partial charge on any atom is -1.00 e. The second-order valence-electron chi connectivity index (χ2n) is 21.6. The Morgan fingerprint density at radius 1 is 0.400 bits per heavy atom. The standard InChI is InChI=1S/C60H69Si.3ClH.Ti/c1-42-41-60(13,44(3)43(42)2)61(54-20-14-17-48(38-54)35-45-23-29-51(30-24-45)57(4,5)6,55-21-15-18-49(39-55)36-46-25-31-52(32-26-46)58(7,8)9)56-22-16-19-50(40-56)37-47-27-33-53(34-28-47)59(10,11)12;;;;/h14-34,38-40H,35-37H2,1-13H3;3*1H;/q;;;;+3/p-3. The summed E-state index contributed by atoms with van der Waals surface area (Å²) in [5, 5.41) is 4.21. The number of benzene rings is 6. The largest absolute Gasteiger partial charge is 1.00 e. The molecule has 0 saturated carbocycles. The summed E-state index contributed by atoms with van der Waals surface area (Å²) in [6.07, 6.45) is 2.70.